The molecule has 0 spiro atoms. The lowest BCUT2D eigenvalue weighted by molar-refractivity contribution is -0.127. The second-order valence-corrected chi connectivity index (χ2v) is 9.59. The normalized spacial score (nSPS) is 32.0. The number of piperidine rings is 1. The highest BCUT2D eigenvalue weighted by atomic mass is 35.5. The van der Waals surface area contributed by atoms with Gasteiger partial charge in [-0.15, -0.1) is 0 Å². The van der Waals surface area contributed by atoms with E-state index in [0.29, 0.717) is 17.8 Å². The third kappa shape index (κ3) is 5.32. The van der Waals surface area contributed by atoms with Crippen LogP contribution >= 0.6 is 11.6 Å². The number of benzene rings is 1. The molecular weight excluding hydrogens is 421 g/mol. The Morgan fingerprint density at radius 2 is 1.90 bits per heavy atom. The van der Waals surface area contributed by atoms with Gasteiger partial charge in [-0.3, -0.25) is 9.59 Å². The molecule has 0 aromatic heterocycles. The fraction of sp³-hybridized carbons (Fsp3) is 0.652. The van der Waals surface area contributed by atoms with Crippen LogP contribution in [-0.2, 0) is 9.59 Å². The molecule has 8 heteroatoms. The van der Waals surface area contributed by atoms with E-state index < -0.39 is 5.82 Å². The van der Waals surface area contributed by atoms with Crippen LogP contribution in [0, 0.1) is 23.6 Å². The zero-order chi connectivity index (χ0) is 22.0. The van der Waals surface area contributed by atoms with Gasteiger partial charge in [-0.25, -0.2) is 4.39 Å². The summed E-state index contributed by atoms with van der Waals surface area (Å²) in [6.07, 6.45) is 5.92. The van der Waals surface area contributed by atoms with Crippen LogP contribution in [0.1, 0.15) is 45.4 Å². The second-order valence-electron chi connectivity index (χ2n) is 9.19. The van der Waals surface area contributed by atoms with E-state index >= 15 is 0 Å². The number of ether oxygens (including phenoxy) is 1. The summed E-state index contributed by atoms with van der Waals surface area (Å²) in [5, 5.41) is 9.67. The van der Waals surface area contributed by atoms with Gasteiger partial charge in [0.15, 0.2) is 6.61 Å². The summed E-state index contributed by atoms with van der Waals surface area (Å²) in [5.74, 6) is 1.09. The summed E-state index contributed by atoms with van der Waals surface area (Å²) in [7, 11) is 0. The van der Waals surface area contributed by atoms with E-state index in [9.17, 15) is 14.0 Å². The van der Waals surface area contributed by atoms with E-state index in [1.54, 1.807) is 0 Å². The van der Waals surface area contributed by atoms with Crippen LogP contribution in [0.3, 0.4) is 0 Å². The smallest absolute Gasteiger partial charge is 0.258 e. The fourth-order valence-corrected chi connectivity index (χ4v) is 5.31. The van der Waals surface area contributed by atoms with Gasteiger partial charge in [0.05, 0.1) is 11.1 Å². The lowest BCUT2D eigenvalue weighted by Gasteiger charge is -2.51. The van der Waals surface area contributed by atoms with Gasteiger partial charge in [-0.1, -0.05) is 24.9 Å². The zero-order valence-electron chi connectivity index (χ0n) is 17.8. The maximum absolute atomic E-state index is 13.5. The molecule has 6 nitrogen and oxygen atoms in total. The molecule has 2 bridgehead atoms. The van der Waals surface area contributed by atoms with Crippen molar-refractivity contribution in [2.45, 2.75) is 63.6 Å². The van der Waals surface area contributed by atoms with Gasteiger partial charge in [-0.2, -0.15) is 0 Å². The largest absolute Gasteiger partial charge is 0.484 e. The molecule has 4 aliphatic rings. The van der Waals surface area contributed by atoms with Crippen molar-refractivity contribution in [3.05, 3.63) is 29.0 Å². The first-order chi connectivity index (χ1) is 14.9. The highest BCUT2D eigenvalue weighted by Gasteiger charge is 2.47. The minimum absolute atomic E-state index is 0.0141. The molecule has 1 aromatic carbocycles. The number of carbonyl (C=O) groups is 2. The number of carbonyl (C=O) groups excluding carboxylic acids is 2. The number of rotatable bonds is 7. The van der Waals surface area contributed by atoms with Crippen molar-refractivity contribution >= 4 is 23.4 Å². The predicted molar refractivity (Wildman–Crippen MR) is 116 cm³/mol. The summed E-state index contributed by atoms with van der Waals surface area (Å²) in [6, 6.07) is 4.10. The van der Waals surface area contributed by atoms with Crippen molar-refractivity contribution < 1.29 is 18.7 Å². The number of halogens is 2. The predicted octanol–water partition coefficient (Wildman–Crippen LogP) is 3.04. The van der Waals surface area contributed by atoms with Gasteiger partial charge in [0, 0.05) is 18.2 Å². The van der Waals surface area contributed by atoms with Crippen molar-refractivity contribution in [1.82, 2.24) is 16.0 Å². The maximum atomic E-state index is 13.5. The number of hydrogen-bond acceptors (Lipinski definition) is 4. The number of hydrogen-bond donors (Lipinski definition) is 3. The lowest BCUT2D eigenvalue weighted by Crippen LogP contribution is -2.62. The molecule has 1 aliphatic heterocycles. The monoisotopic (exact) mass is 451 g/mol. The topological polar surface area (TPSA) is 79.5 Å². The highest BCUT2D eigenvalue weighted by Crippen LogP contribution is 2.45. The fourth-order valence-electron chi connectivity index (χ4n) is 5.19. The van der Waals surface area contributed by atoms with E-state index in [-0.39, 0.29) is 47.3 Å². The third-order valence-electron chi connectivity index (χ3n) is 7.20. The first-order valence-corrected chi connectivity index (χ1v) is 11.7. The first kappa shape index (κ1) is 22.3. The Morgan fingerprint density at radius 1 is 1.16 bits per heavy atom. The van der Waals surface area contributed by atoms with Crippen LogP contribution in [0.4, 0.5) is 4.39 Å². The quantitative estimate of drug-likeness (QED) is 0.595. The summed E-state index contributed by atoms with van der Waals surface area (Å²) in [4.78, 5) is 25.2. The molecule has 4 atom stereocenters. The summed E-state index contributed by atoms with van der Waals surface area (Å²) in [6.45, 7) is 2.89. The minimum atomic E-state index is -0.580. The van der Waals surface area contributed by atoms with Gasteiger partial charge in [0.1, 0.15) is 11.6 Å². The molecular formula is C23H31ClFN3O3. The minimum Gasteiger partial charge on any atom is -0.484 e. The van der Waals surface area contributed by atoms with Crippen LogP contribution in [0.15, 0.2) is 18.2 Å². The van der Waals surface area contributed by atoms with E-state index in [1.807, 2.05) is 0 Å². The number of fused-ring (bicyclic) bond motifs is 2. The Bertz CT molecular complexity index is 817. The Kier molecular flexibility index (Phi) is 7.02. The first-order valence-electron chi connectivity index (χ1n) is 11.3. The van der Waals surface area contributed by atoms with Crippen molar-refractivity contribution in [2.75, 3.05) is 13.2 Å². The maximum Gasteiger partial charge on any atom is 0.258 e. The van der Waals surface area contributed by atoms with Crippen molar-refractivity contribution in [1.29, 1.82) is 0 Å². The van der Waals surface area contributed by atoms with Crippen LogP contribution < -0.4 is 20.7 Å². The molecule has 1 saturated heterocycles. The molecule has 1 heterocycles. The Balaban J connectivity index is 1.25. The van der Waals surface area contributed by atoms with Crippen LogP contribution in [0.5, 0.6) is 5.75 Å². The summed E-state index contributed by atoms with van der Waals surface area (Å²) >= 11 is 5.66. The highest BCUT2D eigenvalue weighted by molar-refractivity contribution is 6.30. The summed E-state index contributed by atoms with van der Waals surface area (Å²) in [5.41, 5.74) is 0. The van der Waals surface area contributed by atoms with Crippen LogP contribution in [-0.4, -0.2) is 43.1 Å². The van der Waals surface area contributed by atoms with Gasteiger partial charge >= 0.3 is 0 Å². The standard InChI is InChI=1S/C23H31ClFN3O3/c1-2-13-5-6-26-21(7-13)23(30)28-20-11-19(14-8-15(20)9-14)27-22(29)12-31-16-3-4-17(24)18(25)10-16/h3-4,10,13-15,19-21,26H,2,5-9,11-12H2,1H3,(H,27,29)(H,28,30)/t13?,14?,15?,19-,20?,21?/m0/s1. The third-order valence-corrected chi connectivity index (χ3v) is 7.50. The van der Waals surface area contributed by atoms with Gasteiger partial charge in [-0.05, 0) is 68.5 Å². The number of amides is 2. The van der Waals surface area contributed by atoms with Gasteiger partial charge < -0.3 is 20.7 Å². The lowest BCUT2D eigenvalue weighted by atomic mass is 9.60. The van der Waals surface area contributed by atoms with E-state index in [2.05, 4.69) is 22.9 Å². The van der Waals surface area contributed by atoms with Crippen LogP contribution in [0.2, 0.25) is 5.02 Å². The molecule has 4 fully saturated rings. The van der Waals surface area contributed by atoms with Crippen molar-refractivity contribution in [2.24, 2.45) is 17.8 Å². The molecule has 31 heavy (non-hydrogen) atoms. The summed E-state index contributed by atoms with van der Waals surface area (Å²) < 4.78 is 18.9. The molecule has 3 saturated carbocycles. The number of nitrogens with one attached hydrogen (secondary N) is 3. The zero-order valence-corrected chi connectivity index (χ0v) is 18.6. The van der Waals surface area contributed by atoms with E-state index in [1.165, 1.54) is 18.2 Å². The van der Waals surface area contributed by atoms with E-state index in [0.717, 1.165) is 45.1 Å². The molecule has 2 amide bonds. The Morgan fingerprint density at radius 3 is 2.61 bits per heavy atom. The van der Waals surface area contributed by atoms with E-state index in [4.69, 9.17) is 16.3 Å². The van der Waals surface area contributed by atoms with Gasteiger partial charge in [0.2, 0.25) is 5.91 Å². The van der Waals surface area contributed by atoms with Crippen LogP contribution in [0.25, 0.3) is 0 Å². The molecule has 3 N–H and O–H groups in total. The molecule has 0 radical (unpaired) electrons. The Hall–Kier alpha value is -1.86. The molecule has 170 valence electrons. The Labute approximate surface area is 187 Å². The van der Waals surface area contributed by atoms with Gasteiger partial charge in [0.25, 0.3) is 5.91 Å². The average Bonchev–Trinajstić information content (AvgIpc) is 2.73. The molecule has 3 unspecified atom stereocenters. The SMILES string of the molecule is CCC1CCNC(C(=O)NC2C[C@H](NC(=O)COc3ccc(Cl)c(F)c3)C3CC2C3)C1. The second kappa shape index (κ2) is 9.74. The van der Waals surface area contributed by atoms with Crippen molar-refractivity contribution in [3.63, 3.8) is 0 Å². The molecule has 5 rings (SSSR count). The van der Waals surface area contributed by atoms with Crippen molar-refractivity contribution in [3.8, 4) is 5.75 Å². The molecule has 3 aliphatic carbocycles. The average molecular weight is 452 g/mol. The molecule has 1 aromatic rings.